The first-order valence-corrected chi connectivity index (χ1v) is 8.34. The molecule has 1 aromatic carbocycles. The summed E-state index contributed by atoms with van der Waals surface area (Å²) in [7, 11) is -3.31. The van der Waals surface area contributed by atoms with Crippen LogP contribution in [-0.4, -0.2) is 32.4 Å². The molecule has 1 unspecified atom stereocenters. The highest BCUT2D eigenvalue weighted by Crippen LogP contribution is 2.29. The highest BCUT2D eigenvalue weighted by Gasteiger charge is 2.32. The fourth-order valence-electron chi connectivity index (χ4n) is 2.99. The molecule has 19 heavy (non-hydrogen) atoms. The van der Waals surface area contributed by atoms with Crippen LogP contribution in [0.2, 0.25) is 0 Å². The predicted octanol–water partition coefficient (Wildman–Crippen LogP) is 1.36. The van der Waals surface area contributed by atoms with E-state index in [2.05, 4.69) is 12.2 Å². The predicted molar refractivity (Wildman–Crippen MR) is 74.4 cm³/mol. The largest absolute Gasteiger partial charge is 0.312 e. The van der Waals surface area contributed by atoms with Gasteiger partial charge in [0.15, 0.2) is 0 Å². The zero-order valence-corrected chi connectivity index (χ0v) is 12.0. The van der Waals surface area contributed by atoms with Crippen LogP contribution in [0.3, 0.4) is 0 Å². The Morgan fingerprint density at radius 1 is 1.37 bits per heavy atom. The Bertz CT molecular complexity index is 583. The fraction of sp³-hybridized carbons (Fsp3) is 0.571. The van der Waals surface area contributed by atoms with Gasteiger partial charge in [0, 0.05) is 19.6 Å². The van der Waals surface area contributed by atoms with E-state index < -0.39 is 10.0 Å². The van der Waals surface area contributed by atoms with Gasteiger partial charge in [-0.25, -0.2) is 8.42 Å². The molecule has 104 valence electrons. The molecule has 1 fully saturated rings. The lowest BCUT2D eigenvalue weighted by molar-refractivity contribution is 0.463. The van der Waals surface area contributed by atoms with Gasteiger partial charge in [0.2, 0.25) is 10.0 Å². The van der Waals surface area contributed by atoms with E-state index in [1.165, 1.54) is 0 Å². The van der Waals surface area contributed by atoms with Gasteiger partial charge in [-0.05, 0) is 42.5 Å². The SMILES string of the molecule is CC1CCN(S(=O)(=O)c2cccc3c2CCNC3)C1. The van der Waals surface area contributed by atoms with Crippen LogP contribution >= 0.6 is 0 Å². The molecule has 3 rings (SSSR count). The standard InChI is InChI=1S/C14H20N2O2S/c1-11-6-8-16(10-11)19(17,18)14-4-2-3-12-9-15-7-5-13(12)14/h2-4,11,15H,5-10H2,1H3. The quantitative estimate of drug-likeness (QED) is 0.890. The van der Waals surface area contributed by atoms with Crippen molar-refractivity contribution >= 4 is 10.0 Å². The first-order chi connectivity index (χ1) is 9.09. The number of benzene rings is 1. The molecule has 0 bridgehead atoms. The summed E-state index contributed by atoms with van der Waals surface area (Å²) in [5.41, 5.74) is 2.14. The maximum absolute atomic E-state index is 12.8. The minimum atomic E-state index is -3.31. The van der Waals surface area contributed by atoms with Crippen molar-refractivity contribution in [3.63, 3.8) is 0 Å². The van der Waals surface area contributed by atoms with Crippen LogP contribution in [0.1, 0.15) is 24.5 Å². The van der Waals surface area contributed by atoms with Gasteiger partial charge in [0.1, 0.15) is 0 Å². The van der Waals surface area contributed by atoms with Crippen LogP contribution in [0, 0.1) is 5.92 Å². The summed E-state index contributed by atoms with van der Waals surface area (Å²) in [5.74, 6) is 0.469. The third-order valence-electron chi connectivity index (χ3n) is 4.10. The van der Waals surface area contributed by atoms with Crippen molar-refractivity contribution in [2.75, 3.05) is 19.6 Å². The van der Waals surface area contributed by atoms with E-state index >= 15 is 0 Å². The Hall–Kier alpha value is -0.910. The second-order valence-electron chi connectivity index (χ2n) is 5.58. The van der Waals surface area contributed by atoms with Gasteiger partial charge in [0.05, 0.1) is 4.90 Å². The minimum absolute atomic E-state index is 0.469. The number of nitrogens with zero attached hydrogens (tertiary/aromatic N) is 1. The molecule has 1 aromatic rings. The molecule has 2 heterocycles. The summed E-state index contributed by atoms with van der Waals surface area (Å²) in [6, 6.07) is 5.65. The van der Waals surface area contributed by atoms with Crippen LogP contribution in [-0.2, 0) is 23.0 Å². The molecule has 1 saturated heterocycles. The van der Waals surface area contributed by atoms with Crippen molar-refractivity contribution in [1.29, 1.82) is 0 Å². The number of fused-ring (bicyclic) bond motifs is 1. The number of hydrogen-bond donors (Lipinski definition) is 1. The number of sulfonamides is 1. The molecule has 0 spiro atoms. The molecule has 0 radical (unpaired) electrons. The normalized spacial score (nSPS) is 24.4. The van der Waals surface area contributed by atoms with Gasteiger partial charge >= 0.3 is 0 Å². The average Bonchev–Trinajstić information content (AvgIpc) is 2.85. The summed E-state index contributed by atoms with van der Waals surface area (Å²) in [5, 5.41) is 3.29. The number of nitrogens with one attached hydrogen (secondary N) is 1. The first-order valence-electron chi connectivity index (χ1n) is 6.90. The van der Waals surface area contributed by atoms with E-state index in [1.807, 2.05) is 12.1 Å². The van der Waals surface area contributed by atoms with E-state index in [0.717, 1.165) is 37.1 Å². The molecule has 2 aliphatic heterocycles. The average molecular weight is 280 g/mol. The van der Waals surface area contributed by atoms with Gasteiger partial charge in [-0.1, -0.05) is 19.1 Å². The molecule has 2 aliphatic rings. The first kappa shape index (κ1) is 13.1. The molecule has 0 aliphatic carbocycles. The Labute approximate surface area is 114 Å². The van der Waals surface area contributed by atoms with Crippen LogP contribution in [0.5, 0.6) is 0 Å². The fourth-order valence-corrected chi connectivity index (χ4v) is 4.86. The second kappa shape index (κ2) is 4.89. The topological polar surface area (TPSA) is 49.4 Å². The third kappa shape index (κ3) is 2.30. The summed E-state index contributed by atoms with van der Waals surface area (Å²) in [4.78, 5) is 0.528. The monoisotopic (exact) mass is 280 g/mol. The van der Waals surface area contributed by atoms with Crippen molar-refractivity contribution < 1.29 is 8.42 Å². The maximum atomic E-state index is 12.8. The van der Waals surface area contributed by atoms with Crippen molar-refractivity contribution in [3.05, 3.63) is 29.3 Å². The molecule has 0 amide bonds. The second-order valence-corrected chi connectivity index (χ2v) is 7.48. The molecule has 1 N–H and O–H groups in total. The highest BCUT2D eigenvalue weighted by atomic mass is 32.2. The summed E-state index contributed by atoms with van der Waals surface area (Å²) in [6.45, 7) is 5.06. The van der Waals surface area contributed by atoms with E-state index in [-0.39, 0.29) is 0 Å². The van der Waals surface area contributed by atoms with Gasteiger partial charge in [-0.3, -0.25) is 0 Å². The van der Waals surface area contributed by atoms with E-state index in [9.17, 15) is 8.42 Å². The van der Waals surface area contributed by atoms with Crippen molar-refractivity contribution in [2.45, 2.75) is 31.2 Å². The lowest BCUT2D eigenvalue weighted by atomic mass is 10.0. The minimum Gasteiger partial charge on any atom is -0.312 e. The van der Waals surface area contributed by atoms with Crippen molar-refractivity contribution in [2.24, 2.45) is 5.92 Å². The lowest BCUT2D eigenvalue weighted by Crippen LogP contribution is -2.32. The zero-order chi connectivity index (χ0) is 13.5. The Kier molecular flexibility index (Phi) is 3.37. The van der Waals surface area contributed by atoms with Crippen molar-refractivity contribution in [1.82, 2.24) is 9.62 Å². The summed E-state index contributed by atoms with van der Waals surface area (Å²) in [6.07, 6.45) is 1.77. The Morgan fingerprint density at radius 3 is 2.95 bits per heavy atom. The molecule has 4 nitrogen and oxygen atoms in total. The Morgan fingerprint density at radius 2 is 2.21 bits per heavy atom. The van der Waals surface area contributed by atoms with Crippen LogP contribution in [0.15, 0.2) is 23.1 Å². The highest BCUT2D eigenvalue weighted by molar-refractivity contribution is 7.89. The van der Waals surface area contributed by atoms with Gasteiger partial charge in [-0.15, -0.1) is 0 Å². The zero-order valence-electron chi connectivity index (χ0n) is 11.2. The van der Waals surface area contributed by atoms with Gasteiger partial charge < -0.3 is 5.32 Å². The molecule has 0 aromatic heterocycles. The van der Waals surface area contributed by atoms with Crippen molar-refractivity contribution in [3.8, 4) is 0 Å². The number of hydrogen-bond acceptors (Lipinski definition) is 3. The van der Waals surface area contributed by atoms with E-state index in [4.69, 9.17) is 0 Å². The van der Waals surface area contributed by atoms with Gasteiger partial charge in [0.25, 0.3) is 0 Å². The molecule has 1 atom stereocenters. The third-order valence-corrected chi connectivity index (χ3v) is 6.05. The maximum Gasteiger partial charge on any atom is 0.243 e. The molecular weight excluding hydrogens is 260 g/mol. The van der Waals surface area contributed by atoms with Crippen LogP contribution < -0.4 is 5.32 Å². The lowest BCUT2D eigenvalue weighted by Gasteiger charge is -2.23. The van der Waals surface area contributed by atoms with Crippen LogP contribution in [0.4, 0.5) is 0 Å². The van der Waals surface area contributed by atoms with Gasteiger partial charge in [-0.2, -0.15) is 4.31 Å². The molecular formula is C14H20N2O2S. The summed E-state index contributed by atoms with van der Waals surface area (Å²) >= 11 is 0. The van der Waals surface area contributed by atoms with E-state index in [0.29, 0.717) is 23.9 Å². The molecule has 0 saturated carbocycles. The summed E-state index contributed by atoms with van der Waals surface area (Å²) < 4.78 is 27.2. The van der Waals surface area contributed by atoms with E-state index in [1.54, 1.807) is 10.4 Å². The number of rotatable bonds is 2. The van der Waals surface area contributed by atoms with Crippen LogP contribution in [0.25, 0.3) is 0 Å². The molecule has 5 heteroatoms. The smallest absolute Gasteiger partial charge is 0.243 e. The Balaban J connectivity index is 2.02.